The van der Waals surface area contributed by atoms with E-state index in [1.54, 1.807) is 13.8 Å². The van der Waals surface area contributed by atoms with Crippen LogP contribution >= 0.6 is 0 Å². The fraction of sp³-hybridized carbons (Fsp3) is 0.920. The van der Waals surface area contributed by atoms with E-state index < -0.39 is 0 Å². The van der Waals surface area contributed by atoms with Crippen LogP contribution in [-0.4, -0.2) is 11.6 Å². The van der Waals surface area contributed by atoms with Gasteiger partial charge in [0.2, 0.25) is 0 Å². The van der Waals surface area contributed by atoms with Gasteiger partial charge in [0.05, 0.1) is 0 Å². The van der Waals surface area contributed by atoms with Crippen molar-refractivity contribution in [1.82, 2.24) is 0 Å². The normalized spacial score (nSPS) is 10.4. The Morgan fingerprint density at radius 1 is 0.407 bits per heavy atom. The largest absolute Gasteiger partial charge is 0.300 e. The van der Waals surface area contributed by atoms with E-state index in [4.69, 9.17) is 0 Å². The monoisotopic (exact) mass is 382 g/mol. The zero-order chi connectivity index (χ0) is 20.6. The number of hydrogen-bond acceptors (Lipinski definition) is 2. The van der Waals surface area contributed by atoms with Gasteiger partial charge in [-0.3, -0.25) is 0 Å². The molecule has 0 amide bonds. The summed E-state index contributed by atoms with van der Waals surface area (Å²) in [6, 6.07) is 0. The predicted molar refractivity (Wildman–Crippen MR) is 120 cm³/mol. The molecule has 0 bridgehead atoms. The van der Waals surface area contributed by atoms with E-state index in [0.29, 0.717) is 11.6 Å². The fourth-order valence-electron chi connectivity index (χ4n) is 3.19. The first kappa shape index (κ1) is 28.5. The standard InChI is InChI=1S/C13H26O.C12H24O/c1-3-4-5-6-7-8-9-10-11-12-13(2)14;1-3-4-5-6-7-8-9-10-11-12(2)13/h3-12H2,1-2H3;3-11H2,1-2H3. The maximum Gasteiger partial charge on any atom is 0.129 e. The predicted octanol–water partition coefficient (Wildman–Crippen LogP) is 8.60. The summed E-state index contributed by atoms with van der Waals surface area (Å²) >= 11 is 0. The lowest BCUT2D eigenvalue weighted by atomic mass is 10.1. The van der Waals surface area contributed by atoms with Gasteiger partial charge in [-0.1, -0.05) is 110 Å². The van der Waals surface area contributed by atoms with Crippen molar-refractivity contribution >= 4 is 11.6 Å². The molecule has 0 radical (unpaired) electrons. The average Bonchev–Trinajstić information content (AvgIpc) is 2.62. The van der Waals surface area contributed by atoms with E-state index in [0.717, 1.165) is 25.7 Å². The number of unbranched alkanes of at least 4 members (excludes halogenated alkanes) is 15. The van der Waals surface area contributed by atoms with Gasteiger partial charge in [-0.15, -0.1) is 0 Å². The number of carbonyl (C=O) groups excluding carboxylic acids is 2. The smallest absolute Gasteiger partial charge is 0.129 e. The molecule has 0 saturated carbocycles. The third-order valence-electron chi connectivity index (χ3n) is 5.01. The van der Waals surface area contributed by atoms with Crippen LogP contribution in [0.2, 0.25) is 0 Å². The SMILES string of the molecule is CCCCCCCCCCC(C)=O.CCCCCCCCCCCC(C)=O. The molecule has 0 fully saturated rings. The van der Waals surface area contributed by atoms with E-state index in [2.05, 4.69) is 13.8 Å². The minimum atomic E-state index is 0.339. The lowest BCUT2D eigenvalue weighted by Gasteiger charge is -2.00. The summed E-state index contributed by atoms with van der Waals surface area (Å²) in [6.45, 7) is 7.86. The molecule has 0 aliphatic carbocycles. The second kappa shape index (κ2) is 25.3. The minimum Gasteiger partial charge on any atom is -0.300 e. The third-order valence-corrected chi connectivity index (χ3v) is 5.01. The van der Waals surface area contributed by atoms with Gasteiger partial charge in [0, 0.05) is 12.8 Å². The molecule has 2 heteroatoms. The molecule has 0 unspecified atom stereocenters. The first-order chi connectivity index (χ1) is 13.0. The van der Waals surface area contributed by atoms with E-state index in [-0.39, 0.29) is 0 Å². The van der Waals surface area contributed by atoms with Gasteiger partial charge in [0.15, 0.2) is 0 Å². The van der Waals surface area contributed by atoms with Crippen molar-refractivity contribution in [2.45, 2.75) is 150 Å². The van der Waals surface area contributed by atoms with Gasteiger partial charge in [-0.25, -0.2) is 0 Å². The molecule has 0 aliphatic rings. The van der Waals surface area contributed by atoms with Crippen molar-refractivity contribution in [1.29, 1.82) is 0 Å². The lowest BCUT2D eigenvalue weighted by Crippen LogP contribution is -1.89. The Morgan fingerprint density at radius 2 is 0.630 bits per heavy atom. The summed E-state index contributed by atoms with van der Waals surface area (Å²) in [7, 11) is 0. The Kier molecular flexibility index (Phi) is 26.8. The molecule has 162 valence electrons. The van der Waals surface area contributed by atoms with Crippen LogP contribution in [0.1, 0.15) is 150 Å². The van der Waals surface area contributed by atoms with Gasteiger partial charge >= 0.3 is 0 Å². The van der Waals surface area contributed by atoms with Gasteiger partial charge in [-0.05, 0) is 26.7 Å². The molecular weight excluding hydrogens is 332 g/mol. The number of Topliss-reactive ketones (excluding diaryl/α,β-unsaturated/α-hetero) is 2. The highest BCUT2D eigenvalue weighted by molar-refractivity contribution is 5.75. The summed E-state index contributed by atoms with van der Waals surface area (Å²) in [5.74, 6) is 0.680. The van der Waals surface area contributed by atoms with Crippen molar-refractivity contribution in [2.75, 3.05) is 0 Å². The Balaban J connectivity index is 0. The Labute approximate surface area is 171 Å². The molecule has 0 saturated heterocycles. The number of carbonyl (C=O) groups is 2. The summed E-state index contributed by atoms with van der Waals surface area (Å²) in [5.41, 5.74) is 0. The van der Waals surface area contributed by atoms with Crippen molar-refractivity contribution in [2.24, 2.45) is 0 Å². The Hall–Kier alpha value is -0.660. The maximum absolute atomic E-state index is 10.7. The van der Waals surface area contributed by atoms with Gasteiger partial charge in [-0.2, -0.15) is 0 Å². The topological polar surface area (TPSA) is 34.1 Å². The molecule has 0 aromatic carbocycles. The second-order valence-electron chi connectivity index (χ2n) is 8.21. The first-order valence-corrected chi connectivity index (χ1v) is 12.0. The van der Waals surface area contributed by atoms with Gasteiger partial charge in [0.1, 0.15) is 11.6 Å². The molecule has 0 N–H and O–H groups in total. The minimum absolute atomic E-state index is 0.339. The molecule has 0 aromatic rings. The molecule has 0 aromatic heterocycles. The molecule has 0 rings (SSSR count). The Bertz CT molecular complexity index is 309. The number of rotatable bonds is 19. The number of ketones is 2. The van der Waals surface area contributed by atoms with Crippen molar-refractivity contribution < 1.29 is 9.59 Å². The van der Waals surface area contributed by atoms with Crippen LogP contribution in [0.3, 0.4) is 0 Å². The highest BCUT2D eigenvalue weighted by atomic mass is 16.1. The van der Waals surface area contributed by atoms with Crippen LogP contribution in [0.4, 0.5) is 0 Å². The van der Waals surface area contributed by atoms with Gasteiger partial charge < -0.3 is 9.59 Å². The summed E-state index contributed by atoms with van der Waals surface area (Å²) in [5, 5.41) is 0. The molecule has 0 spiro atoms. The van der Waals surface area contributed by atoms with Crippen LogP contribution in [0, 0.1) is 0 Å². The van der Waals surface area contributed by atoms with Crippen LogP contribution in [0.5, 0.6) is 0 Å². The maximum atomic E-state index is 10.7. The van der Waals surface area contributed by atoms with Gasteiger partial charge in [0.25, 0.3) is 0 Å². The quantitative estimate of drug-likeness (QED) is 0.209. The van der Waals surface area contributed by atoms with Crippen LogP contribution in [0.15, 0.2) is 0 Å². The van der Waals surface area contributed by atoms with E-state index in [9.17, 15) is 9.59 Å². The second-order valence-corrected chi connectivity index (χ2v) is 8.21. The molecule has 27 heavy (non-hydrogen) atoms. The molecule has 2 nitrogen and oxygen atoms in total. The van der Waals surface area contributed by atoms with Crippen LogP contribution < -0.4 is 0 Å². The summed E-state index contributed by atoms with van der Waals surface area (Å²) < 4.78 is 0. The van der Waals surface area contributed by atoms with E-state index in [1.807, 2.05) is 0 Å². The average molecular weight is 383 g/mol. The molecular formula is C25H50O2. The van der Waals surface area contributed by atoms with Crippen molar-refractivity contribution in [3.8, 4) is 0 Å². The highest BCUT2D eigenvalue weighted by Crippen LogP contribution is 2.11. The van der Waals surface area contributed by atoms with E-state index in [1.165, 1.54) is 96.3 Å². The molecule has 0 heterocycles. The van der Waals surface area contributed by atoms with Crippen LogP contribution in [0.25, 0.3) is 0 Å². The first-order valence-electron chi connectivity index (χ1n) is 12.0. The fourth-order valence-corrected chi connectivity index (χ4v) is 3.19. The zero-order valence-electron chi connectivity index (χ0n) is 19.3. The van der Waals surface area contributed by atoms with E-state index >= 15 is 0 Å². The Morgan fingerprint density at radius 3 is 0.852 bits per heavy atom. The summed E-state index contributed by atoms with van der Waals surface area (Å²) in [6.07, 6.45) is 24.0. The highest BCUT2D eigenvalue weighted by Gasteiger charge is 1.95. The zero-order valence-corrected chi connectivity index (χ0v) is 19.3. The molecule has 0 atom stereocenters. The summed E-state index contributed by atoms with van der Waals surface area (Å²) in [4.78, 5) is 21.3. The van der Waals surface area contributed by atoms with Crippen molar-refractivity contribution in [3.05, 3.63) is 0 Å². The lowest BCUT2D eigenvalue weighted by molar-refractivity contribution is -0.117. The van der Waals surface area contributed by atoms with Crippen molar-refractivity contribution in [3.63, 3.8) is 0 Å². The third kappa shape index (κ3) is 33.4. The number of hydrogen-bond donors (Lipinski definition) is 0. The van der Waals surface area contributed by atoms with Crippen LogP contribution in [-0.2, 0) is 9.59 Å². The molecule has 0 aliphatic heterocycles.